The van der Waals surface area contributed by atoms with E-state index in [1.165, 1.54) is 0 Å². The SMILES string of the molecule is COc1ccc(-n2nc(C)c3c(NCCNC(=O)c4ccc(C)cc4)nc(C4CC4)nc32)cc1. The summed E-state index contributed by atoms with van der Waals surface area (Å²) >= 11 is 0. The number of anilines is 1. The summed E-state index contributed by atoms with van der Waals surface area (Å²) < 4.78 is 7.15. The van der Waals surface area contributed by atoms with Crippen molar-refractivity contribution < 1.29 is 9.53 Å². The first-order valence-corrected chi connectivity index (χ1v) is 11.5. The second-order valence-corrected chi connectivity index (χ2v) is 8.65. The van der Waals surface area contributed by atoms with E-state index < -0.39 is 0 Å². The molecule has 0 saturated heterocycles. The zero-order valence-corrected chi connectivity index (χ0v) is 19.6. The standard InChI is InChI=1S/C26H28N6O2/c1-16-4-6-19(7-5-16)26(33)28-15-14-27-24-22-17(2)31-32(20-10-12-21(34-3)13-11-20)25(22)30-23(29-24)18-8-9-18/h4-7,10-13,18H,8-9,14-15H2,1-3H3,(H,28,33)(H,27,29,30). The van der Waals surface area contributed by atoms with Crippen molar-refractivity contribution in [1.82, 2.24) is 25.1 Å². The third-order valence-corrected chi connectivity index (χ3v) is 6.00. The predicted molar refractivity (Wildman–Crippen MR) is 132 cm³/mol. The lowest BCUT2D eigenvalue weighted by atomic mass is 10.1. The van der Waals surface area contributed by atoms with Gasteiger partial charge in [0.15, 0.2) is 5.65 Å². The number of hydrogen-bond acceptors (Lipinski definition) is 6. The van der Waals surface area contributed by atoms with Crippen LogP contribution in [0.15, 0.2) is 48.5 Å². The van der Waals surface area contributed by atoms with Crippen LogP contribution in [-0.2, 0) is 0 Å². The Morgan fingerprint density at radius 1 is 1.03 bits per heavy atom. The molecule has 0 spiro atoms. The van der Waals surface area contributed by atoms with Gasteiger partial charge >= 0.3 is 0 Å². The molecule has 0 aliphatic heterocycles. The van der Waals surface area contributed by atoms with E-state index >= 15 is 0 Å². The van der Waals surface area contributed by atoms with Crippen molar-refractivity contribution in [3.05, 3.63) is 71.2 Å². The Bertz CT molecular complexity index is 1320. The van der Waals surface area contributed by atoms with Crippen molar-refractivity contribution in [2.45, 2.75) is 32.6 Å². The lowest BCUT2D eigenvalue weighted by Crippen LogP contribution is -2.29. The minimum atomic E-state index is -0.0863. The molecule has 1 aliphatic rings. The average Bonchev–Trinajstić information content (AvgIpc) is 3.65. The fourth-order valence-corrected chi connectivity index (χ4v) is 3.92. The first kappa shape index (κ1) is 21.9. The van der Waals surface area contributed by atoms with Crippen LogP contribution >= 0.6 is 0 Å². The van der Waals surface area contributed by atoms with Crippen molar-refractivity contribution in [2.75, 3.05) is 25.5 Å². The number of carbonyl (C=O) groups is 1. The summed E-state index contributed by atoms with van der Waals surface area (Å²) in [6.45, 7) is 4.99. The highest BCUT2D eigenvalue weighted by atomic mass is 16.5. The largest absolute Gasteiger partial charge is 0.497 e. The Labute approximate surface area is 198 Å². The molecule has 2 aromatic heterocycles. The summed E-state index contributed by atoms with van der Waals surface area (Å²) in [6, 6.07) is 15.3. The van der Waals surface area contributed by atoms with Crippen molar-refractivity contribution in [3.63, 3.8) is 0 Å². The van der Waals surface area contributed by atoms with Crippen LogP contribution in [0.2, 0.25) is 0 Å². The van der Waals surface area contributed by atoms with E-state index in [9.17, 15) is 4.79 Å². The van der Waals surface area contributed by atoms with E-state index in [0.717, 1.165) is 58.2 Å². The Morgan fingerprint density at radius 2 is 1.76 bits per heavy atom. The molecule has 2 N–H and O–H groups in total. The van der Waals surface area contributed by atoms with Gasteiger partial charge in [-0.1, -0.05) is 17.7 Å². The molecule has 34 heavy (non-hydrogen) atoms. The number of carbonyl (C=O) groups excluding carboxylic acids is 1. The summed E-state index contributed by atoms with van der Waals surface area (Å²) in [4.78, 5) is 22.1. The van der Waals surface area contributed by atoms with Crippen LogP contribution in [0.4, 0.5) is 5.82 Å². The molecular weight excluding hydrogens is 428 g/mol. The fourth-order valence-electron chi connectivity index (χ4n) is 3.92. The summed E-state index contributed by atoms with van der Waals surface area (Å²) in [7, 11) is 1.65. The Kier molecular flexibility index (Phi) is 5.88. The summed E-state index contributed by atoms with van der Waals surface area (Å²) in [5.74, 6) is 2.70. The molecule has 1 aliphatic carbocycles. The number of methoxy groups -OCH3 is 1. The number of fused-ring (bicyclic) bond motifs is 1. The minimum Gasteiger partial charge on any atom is -0.497 e. The summed E-state index contributed by atoms with van der Waals surface area (Å²) in [6.07, 6.45) is 2.21. The summed E-state index contributed by atoms with van der Waals surface area (Å²) in [5.41, 5.74) is 4.33. The molecule has 1 amide bonds. The van der Waals surface area contributed by atoms with Crippen LogP contribution in [-0.4, -0.2) is 45.9 Å². The molecule has 8 nitrogen and oxygen atoms in total. The number of ether oxygens (including phenoxy) is 1. The van der Waals surface area contributed by atoms with E-state index in [-0.39, 0.29) is 5.91 Å². The van der Waals surface area contributed by atoms with Gasteiger partial charge in [-0.05, 0) is 63.1 Å². The van der Waals surface area contributed by atoms with E-state index in [2.05, 4.69) is 10.6 Å². The second-order valence-electron chi connectivity index (χ2n) is 8.65. The van der Waals surface area contributed by atoms with Crippen LogP contribution in [0.25, 0.3) is 16.7 Å². The first-order chi connectivity index (χ1) is 16.5. The third kappa shape index (κ3) is 4.44. The number of nitrogens with one attached hydrogen (secondary N) is 2. The Balaban J connectivity index is 1.37. The zero-order chi connectivity index (χ0) is 23.7. The minimum absolute atomic E-state index is 0.0863. The van der Waals surface area contributed by atoms with Gasteiger partial charge in [-0.2, -0.15) is 5.10 Å². The number of benzene rings is 2. The van der Waals surface area contributed by atoms with Gasteiger partial charge in [-0.15, -0.1) is 0 Å². The highest BCUT2D eigenvalue weighted by molar-refractivity contribution is 5.94. The average molecular weight is 457 g/mol. The Morgan fingerprint density at radius 3 is 2.44 bits per heavy atom. The highest BCUT2D eigenvalue weighted by Gasteiger charge is 2.29. The van der Waals surface area contributed by atoms with Crippen LogP contribution in [0.1, 0.15) is 46.2 Å². The van der Waals surface area contributed by atoms with Gasteiger partial charge in [0.25, 0.3) is 5.91 Å². The van der Waals surface area contributed by atoms with Gasteiger partial charge in [0.05, 0.1) is 23.9 Å². The quantitative estimate of drug-likeness (QED) is 0.387. The van der Waals surface area contributed by atoms with Gasteiger partial charge < -0.3 is 15.4 Å². The number of rotatable bonds is 8. The maximum absolute atomic E-state index is 12.4. The van der Waals surface area contributed by atoms with Gasteiger partial charge in [0.2, 0.25) is 0 Å². The van der Waals surface area contributed by atoms with E-state index in [4.69, 9.17) is 19.8 Å². The van der Waals surface area contributed by atoms with Crippen molar-refractivity contribution in [3.8, 4) is 11.4 Å². The molecule has 8 heteroatoms. The molecule has 2 aromatic carbocycles. The molecular formula is C26H28N6O2. The van der Waals surface area contributed by atoms with Gasteiger partial charge in [-0.3, -0.25) is 4.79 Å². The maximum atomic E-state index is 12.4. The molecule has 1 fully saturated rings. The number of nitrogens with zero attached hydrogens (tertiary/aromatic N) is 4. The number of amides is 1. The van der Waals surface area contributed by atoms with Crippen LogP contribution in [0.5, 0.6) is 5.75 Å². The third-order valence-electron chi connectivity index (χ3n) is 6.00. The van der Waals surface area contributed by atoms with Gasteiger partial charge in [0.1, 0.15) is 17.4 Å². The normalized spacial score (nSPS) is 13.1. The lowest BCUT2D eigenvalue weighted by molar-refractivity contribution is 0.0955. The zero-order valence-electron chi connectivity index (χ0n) is 19.6. The van der Waals surface area contributed by atoms with E-state index in [0.29, 0.717) is 24.6 Å². The molecule has 5 rings (SSSR count). The predicted octanol–water partition coefficient (Wildman–Crippen LogP) is 4.16. The van der Waals surface area contributed by atoms with Crippen LogP contribution in [0, 0.1) is 13.8 Å². The number of aromatic nitrogens is 4. The second kappa shape index (κ2) is 9.13. The molecule has 1 saturated carbocycles. The van der Waals surface area contributed by atoms with Crippen molar-refractivity contribution in [2.24, 2.45) is 0 Å². The molecule has 0 radical (unpaired) electrons. The monoisotopic (exact) mass is 456 g/mol. The number of hydrogen-bond donors (Lipinski definition) is 2. The molecule has 2 heterocycles. The maximum Gasteiger partial charge on any atom is 0.251 e. The fraction of sp³-hybridized carbons (Fsp3) is 0.308. The van der Waals surface area contributed by atoms with Gasteiger partial charge in [0, 0.05) is 24.6 Å². The van der Waals surface area contributed by atoms with Crippen molar-refractivity contribution in [1.29, 1.82) is 0 Å². The van der Waals surface area contributed by atoms with E-state index in [1.54, 1.807) is 7.11 Å². The molecule has 4 aromatic rings. The number of aryl methyl sites for hydroxylation is 2. The highest BCUT2D eigenvalue weighted by Crippen LogP contribution is 2.40. The Hall–Kier alpha value is -3.94. The smallest absolute Gasteiger partial charge is 0.251 e. The lowest BCUT2D eigenvalue weighted by Gasteiger charge is -2.11. The first-order valence-electron chi connectivity index (χ1n) is 11.5. The van der Waals surface area contributed by atoms with E-state index in [1.807, 2.05) is 67.1 Å². The van der Waals surface area contributed by atoms with Gasteiger partial charge in [-0.25, -0.2) is 14.6 Å². The topological polar surface area (TPSA) is 94.0 Å². The molecule has 174 valence electrons. The summed E-state index contributed by atoms with van der Waals surface area (Å²) in [5, 5.41) is 12.0. The van der Waals surface area contributed by atoms with Crippen LogP contribution < -0.4 is 15.4 Å². The van der Waals surface area contributed by atoms with Crippen LogP contribution in [0.3, 0.4) is 0 Å². The molecule has 0 bridgehead atoms. The van der Waals surface area contributed by atoms with Crippen molar-refractivity contribution >= 4 is 22.8 Å². The molecule has 0 atom stereocenters. The molecule has 0 unspecified atom stereocenters.